The largest absolute Gasteiger partial charge is 0.367 e. The SMILES string of the molecule is C=CCN(CC)c1ccc([C@H](C)N)nc1. The van der Waals surface area contributed by atoms with Crippen LogP contribution in [0.25, 0.3) is 0 Å². The summed E-state index contributed by atoms with van der Waals surface area (Å²) in [6, 6.07) is 4.03. The number of pyridine rings is 1. The van der Waals surface area contributed by atoms with Crippen LogP contribution in [0.1, 0.15) is 25.6 Å². The van der Waals surface area contributed by atoms with Gasteiger partial charge in [-0.05, 0) is 26.0 Å². The van der Waals surface area contributed by atoms with Crippen LogP contribution in [0.2, 0.25) is 0 Å². The molecule has 0 aromatic carbocycles. The third kappa shape index (κ3) is 3.06. The van der Waals surface area contributed by atoms with Gasteiger partial charge in [-0.15, -0.1) is 6.58 Å². The predicted octanol–water partition coefficient (Wildman–Crippen LogP) is 2.11. The van der Waals surface area contributed by atoms with Gasteiger partial charge in [-0.1, -0.05) is 6.08 Å². The number of anilines is 1. The van der Waals surface area contributed by atoms with Gasteiger partial charge in [-0.25, -0.2) is 0 Å². The smallest absolute Gasteiger partial charge is 0.0569 e. The molecular formula is C12H19N3. The van der Waals surface area contributed by atoms with Gasteiger partial charge in [-0.3, -0.25) is 4.98 Å². The van der Waals surface area contributed by atoms with Crippen molar-refractivity contribution in [2.45, 2.75) is 19.9 Å². The normalized spacial score (nSPS) is 12.2. The maximum absolute atomic E-state index is 5.74. The molecule has 1 aromatic rings. The van der Waals surface area contributed by atoms with Crippen LogP contribution in [-0.2, 0) is 0 Å². The highest BCUT2D eigenvalue weighted by Gasteiger charge is 2.04. The van der Waals surface area contributed by atoms with Crippen molar-refractivity contribution in [1.29, 1.82) is 0 Å². The molecule has 0 saturated heterocycles. The lowest BCUT2D eigenvalue weighted by Gasteiger charge is -2.21. The van der Waals surface area contributed by atoms with Crippen molar-refractivity contribution in [3.05, 3.63) is 36.7 Å². The Morgan fingerprint density at radius 1 is 1.60 bits per heavy atom. The molecule has 0 radical (unpaired) electrons. The van der Waals surface area contributed by atoms with Crippen molar-refractivity contribution in [3.63, 3.8) is 0 Å². The Morgan fingerprint density at radius 3 is 2.73 bits per heavy atom. The maximum atomic E-state index is 5.74. The van der Waals surface area contributed by atoms with Gasteiger partial charge in [0.1, 0.15) is 0 Å². The average Bonchev–Trinajstić information content (AvgIpc) is 2.26. The molecular weight excluding hydrogens is 186 g/mol. The summed E-state index contributed by atoms with van der Waals surface area (Å²) in [6.07, 6.45) is 3.76. The van der Waals surface area contributed by atoms with Gasteiger partial charge >= 0.3 is 0 Å². The van der Waals surface area contributed by atoms with Crippen LogP contribution < -0.4 is 10.6 Å². The Morgan fingerprint density at radius 2 is 2.33 bits per heavy atom. The van der Waals surface area contributed by atoms with E-state index >= 15 is 0 Å². The summed E-state index contributed by atoms with van der Waals surface area (Å²) >= 11 is 0. The molecule has 0 amide bonds. The van der Waals surface area contributed by atoms with Gasteiger partial charge in [0.2, 0.25) is 0 Å². The highest BCUT2D eigenvalue weighted by molar-refractivity contribution is 5.45. The van der Waals surface area contributed by atoms with E-state index in [2.05, 4.69) is 29.5 Å². The summed E-state index contributed by atoms with van der Waals surface area (Å²) < 4.78 is 0. The summed E-state index contributed by atoms with van der Waals surface area (Å²) in [5, 5.41) is 0. The number of nitrogens with zero attached hydrogens (tertiary/aromatic N) is 2. The maximum Gasteiger partial charge on any atom is 0.0569 e. The van der Waals surface area contributed by atoms with Crippen molar-refractivity contribution >= 4 is 5.69 Å². The summed E-state index contributed by atoms with van der Waals surface area (Å²) in [5.41, 5.74) is 7.78. The first-order valence-corrected chi connectivity index (χ1v) is 5.26. The molecule has 0 unspecified atom stereocenters. The quantitative estimate of drug-likeness (QED) is 0.749. The van der Waals surface area contributed by atoms with Gasteiger partial charge in [0.25, 0.3) is 0 Å². The first kappa shape index (κ1) is 11.7. The molecule has 0 fully saturated rings. The van der Waals surface area contributed by atoms with Crippen molar-refractivity contribution in [1.82, 2.24) is 4.98 Å². The van der Waals surface area contributed by atoms with Crippen molar-refractivity contribution in [3.8, 4) is 0 Å². The second-order valence-electron chi connectivity index (χ2n) is 3.56. The third-order valence-electron chi connectivity index (χ3n) is 2.33. The van der Waals surface area contributed by atoms with Gasteiger partial charge in [-0.2, -0.15) is 0 Å². The summed E-state index contributed by atoms with van der Waals surface area (Å²) in [6.45, 7) is 9.58. The lowest BCUT2D eigenvalue weighted by Crippen LogP contribution is -2.22. The lowest BCUT2D eigenvalue weighted by atomic mass is 10.2. The van der Waals surface area contributed by atoms with Crippen molar-refractivity contribution in [2.24, 2.45) is 5.73 Å². The molecule has 0 aliphatic rings. The van der Waals surface area contributed by atoms with E-state index in [4.69, 9.17) is 5.73 Å². The monoisotopic (exact) mass is 205 g/mol. The minimum absolute atomic E-state index is 0.00599. The van der Waals surface area contributed by atoms with Crippen LogP contribution in [-0.4, -0.2) is 18.1 Å². The summed E-state index contributed by atoms with van der Waals surface area (Å²) in [7, 11) is 0. The number of nitrogens with two attached hydrogens (primary N) is 1. The van der Waals surface area contributed by atoms with Gasteiger partial charge in [0.05, 0.1) is 17.6 Å². The van der Waals surface area contributed by atoms with E-state index in [1.807, 2.05) is 25.3 Å². The molecule has 2 N–H and O–H groups in total. The van der Waals surface area contributed by atoms with Crippen LogP contribution >= 0.6 is 0 Å². The van der Waals surface area contributed by atoms with E-state index in [9.17, 15) is 0 Å². The Bertz CT molecular complexity index is 303. The molecule has 1 heterocycles. The second-order valence-corrected chi connectivity index (χ2v) is 3.56. The third-order valence-corrected chi connectivity index (χ3v) is 2.33. The minimum Gasteiger partial charge on any atom is -0.367 e. The highest BCUT2D eigenvalue weighted by atomic mass is 15.1. The van der Waals surface area contributed by atoms with Crippen LogP contribution in [0, 0.1) is 0 Å². The summed E-state index contributed by atoms with van der Waals surface area (Å²) in [4.78, 5) is 6.53. The van der Waals surface area contributed by atoms with Gasteiger partial charge in [0, 0.05) is 19.1 Å². The van der Waals surface area contributed by atoms with E-state index < -0.39 is 0 Å². The van der Waals surface area contributed by atoms with Crippen molar-refractivity contribution in [2.75, 3.05) is 18.0 Å². The fraction of sp³-hybridized carbons (Fsp3) is 0.417. The molecule has 1 atom stereocenters. The number of hydrogen-bond acceptors (Lipinski definition) is 3. The van der Waals surface area contributed by atoms with E-state index in [1.54, 1.807) is 0 Å². The Hall–Kier alpha value is -1.35. The number of rotatable bonds is 5. The number of likely N-dealkylation sites (N-methyl/N-ethyl adjacent to an activating group) is 1. The molecule has 0 aliphatic carbocycles. The van der Waals surface area contributed by atoms with Crippen LogP contribution in [0.4, 0.5) is 5.69 Å². The molecule has 3 heteroatoms. The number of aromatic nitrogens is 1. The van der Waals surface area contributed by atoms with E-state index in [-0.39, 0.29) is 6.04 Å². The summed E-state index contributed by atoms with van der Waals surface area (Å²) in [5.74, 6) is 0. The standard InChI is InChI=1S/C12H19N3/c1-4-8-15(5-2)11-6-7-12(10(3)13)14-9-11/h4,6-7,9-10H,1,5,8,13H2,2-3H3/t10-/m0/s1. The highest BCUT2D eigenvalue weighted by Crippen LogP contribution is 2.15. The lowest BCUT2D eigenvalue weighted by molar-refractivity contribution is 0.778. The molecule has 15 heavy (non-hydrogen) atoms. The fourth-order valence-electron chi connectivity index (χ4n) is 1.43. The molecule has 0 spiro atoms. The fourth-order valence-corrected chi connectivity index (χ4v) is 1.43. The average molecular weight is 205 g/mol. The van der Waals surface area contributed by atoms with E-state index in [1.165, 1.54) is 0 Å². The predicted molar refractivity (Wildman–Crippen MR) is 64.9 cm³/mol. The van der Waals surface area contributed by atoms with Crippen LogP contribution in [0.3, 0.4) is 0 Å². The Labute approximate surface area is 91.6 Å². The molecule has 0 bridgehead atoms. The molecule has 3 nitrogen and oxygen atoms in total. The topological polar surface area (TPSA) is 42.1 Å². The van der Waals surface area contributed by atoms with E-state index in [0.717, 1.165) is 24.5 Å². The zero-order valence-corrected chi connectivity index (χ0v) is 9.48. The molecule has 1 aromatic heterocycles. The molecule has 82 valence electrons. The van der Waals surface area contributed by atoms with Crippen LogP contribution in [0.15, 0.2) is 31.0 Å². The second kappa shape index (κ2) is 5.51. The minimum atomic E-state index is -0.00599. The Kier molecular flexibility index (Phi) is 4.31. The number of hydrogen-bond donors (Lipinski definition) is 1. The molecule has 1 rings (SSSR count). The zero-order chi connectivity index (χ0) is 11.3. The van der Waals surface area contributed by atoms with Gasteiger partial charge < -0.3 is 10.6 Å². The first-order chi connectivity index (χ1) is 7.19. The van der Waals surface area contributed by atoms with E-state index in [0.29, 0.717) is 0 Å². The molecule has 0 aliphatic heterocycles. The van der Waals surface area contributed by atoms with Gasteiger partial charge in [0.15, 0.2) is 0 Å². The van der Waals surface area contributed by atoms with Crippen molar-refractivity contribution < 1.29 is 0 Å². The Balaban J connectivity index is 2.81. The first-order valence-electron chi connectivity index (χ1n) is 5.26. The zero-order valence-electron chi connectivity index (χ0n) is 9.48. The molecule has 0 saturated carbocycles. The van der Waals surface area contributed by atoms with Crippen LogP contribution in [0.5, 0.6) is 0 Å².